The topological polar surface area (TPSA) is 46.8 Å². The molecule has 0 radical (unpaired) electrons. The number of hydrogen-bond acceptors (Lipinski definition) is 5. The molecule has 3 rings (SSSR count). The Bertz CT molecular complexity index is 682. The lowest BCUT2D eigenvalue weighted by Crippen LogP contribution is -2.37. The maximum absolute atomic E-state index is 4.85. The molecule has 0 amide bonds. The van der Waals surface area contributed by atoms with E-state index in [0.717, 1.165) is 31.3 Å². The van der Waals surface area contributed by atoms with Gasteiger partial charge in [0.05, 0.1) is 10.7 Å². The first-order valence-electron chi connectivity index (χ1n) is 8.86. The van der Waals surface area contributed by atoms with E-state index in [4.69, 9.17) is 4.98 Å². The second-order valence-electron chi connectivity index (χ2n) is 8.03. The van der Waals surface area contributed by atoms with Crippen LogP contribution in [0.1, 0.15) is 56.0 Å². The summed E-state index contributed by atoms with van der Waals surface area (Å²) in [4.78, 5) is 11.8. The van der Waals surface area contributed by atoms with Crippen LogP contribution in [-0.2, 0) is 18.5 Å². The minimum atomic E-state index is 0.149. The van der Waals surface area contributed by atoms with Gasteiger partial charge in [-0.05, 0) is 39.2 Å². The highest BCUT2D eigenvalue weighted by molar-refractivity contribution is 7.09. The van der Waals surface area contributed by atoms with Crippen molar-refractivity contribution in [1.29, 1.82) is 0 Å². The van der Waals surface area contributed by atoms with Crippen molar-refractivity contribution < 1.29 is 0 Å². The molecule has 1 atom stereocenters. The van der Waals surface area contributed by atoms with Crippen molar-refractivity contribution >= 4 is 11.3 Å². The maximum Gasteiger partial charge on any atom is 0.147 e. The molecule has 1 aliphatic heterocycles. The van der Waals surface area contributed by atoms with Gasteiger partial charge >= 0.3 is 0 Å². The largest absolute Gasteiger partial charge is 0.297 e. The SMILES string of the molecule is Cc1nc(C)n(C[C@H]2CCCN(Cc3csc(C(C)(C)C)n3)C2)n1. The molecule has 0 bridgehead atoms. The lowest BCUT2D eigenvalue weighted by molar-refractivity contribution is 0.151. The summed E-state index contributed by atoms with van der Waals surface area (Å²) in [5.41, 5.74) is 1.37. The average Bonchev–Trinajstić information content (AvgIpc) is 3.06. The lowest BCUT2D eigenvalue weighted by Gasteiger charge is -2.32. The smallest absolute Gasteiger partial charge is 0.147 e. The van der Waals surface area contributed by atoms with E-state index in [0.29, 0.717) is 5.92 Å². The Morgan fingerprint density at radius 2 is 2.04 bits per heavy atom. The third-order valence-electron chi connectivity index (χ3n) is 4.58. The van der Waals surface area contributed by atoms with Gasteiger partial charge in [0.1, 0.15) is 11.6 Å². The van der Waals surface area contributed by atoms with Gasteiger partial charge < -0.3 is 0 Å². The van der Waals surface area contributed by atoms with Gasteiger partial charge in [-0.25, -0.2) is 14.6 Å². The van der Waals surface area contributed by atoms with Crippen molar-refractivity contribution in [3.63, 3.8) is 0 Å². The van der Waals surface area contributed by atoms with Crippen LogP contribution in [0.2, 0.25) is 0 Å². The van der Waals surface area contributed by atoms with Crippen LogP contribution in [0.3, 0.4) is 0 Å². The first-order chi connectivity index (χ1) is 11.3. The molecule has 24 heavy (non-hydrogen) atoms. The van der Waals surface area contributed by atoms with E-state index >= 15 is 0 Å². The molecule has 5 nitrogen and oxygen atoms in total. The lowest BCUT2D eigenvalue weighted by atomic mass is 9.97. The summed E-state index contributed by atoms with van der Waals surface area (Å²) < 4.78 is 2.07. The summed E-state index contributed by atoms with van der Waals surface area (Å²) >= 11 is 1.79. The van der Waals surface area contributed by atoms with Crippen molar-refractivity contribution in [1.82, 2.24) is 24.6 Å². The van der Waals surface area contributed by atoms with Crippen LogP contribution >= 0.6 is 11.3 Å². The predicted octanol–water partition coefficient (Wildman–Crippen LogP) is 3.56. The summed E-state index contributed by atoms with van der Waals surface area (Å²) in [7, 11) is 0. The molecule has 0 saturated carbocycles. The van der Waals surface area contributed by atoms with Crippen LogP contribution in [0.4, 0.5) is 0 Å². The molecule has 0 N–H and O–H groups in total. The average molecular weight is 348 g/mol. The van der Waals surface area contributed by atoms with E-state index < -0.39 is 0 Å². The number of thiazole rings is 1. The fraction of sp³-hybridized carbons (Fsp3) is 0.722. The molecule has 2 aromatic heterocycles. The number of aromatic nitrogens is 4. The summed E-state index contributed by atoms with van der Waals surface area (Å²) in [5.74, 6) is 2.55. The highest BCUT2D eigenvalue weighted by atomic mass is 32.1. The minimum absolute atomic E-state index is 0.149. The molecular formula is C18H29N5S. The fourth-order valence-electron chi connectivity index (χ4n) is 3.38. The van der Waals surface area contributed by atoms with Crippen molar-refractivity contribution in [2.45, 2.75) is 66.0 Å². The molecular weight excluding hydrogens is 318 g/mol. The predicted molar refractivity (Wildman–Crippen MR) is 98.3 cm³/mol. The quantitative estimate of drug-likeness (QED) is 0.848. The Morgan fingerprint density at radius 1 is 1.25 bits per heavy atom. The number of hydrogen-bond donors (Lipinski definition) is 0. The Morgan fingerprint density at radius 3 is 2.67 bits per heavy atom. The number of nitrogens with zero attached hydrogens (tertiary/aromatic N) is 5. The second kappa shape index (κ2) is 6.92. The fourth-order valence-corrected chi connectivity index (χ4v) is 4.27. The number of aryl methyl sites for hydroxylation is 2. The monoisotopic (exact) mass is 347 g/mol. The van der Waals surface area contributed by atoms with Crippen molar-refractivity contribution in [3.8, 4) is 0 Å². The Balaban J connectivity index is 1.59. The molecule has 1 saturated heterocycles. The highest BCUT2D eigenvalue weighted by Gasteiger charge is 2.23. The van der Waals surface area contributed by atoms with Crippen molar-refractivity contribution in [2.24, 2.45) is 5.92 Å². The van der Waals surface area contributed by atoms with Gasteiger partial charge in [-0.15, -0.1) is 11.3 Å². The van der Waals surface area contributed by atoms with E-state index in [2.05, 4.69) is 45.8 Å². The van der Waals surface area contributed by atoms with Gasteiger partial charge in [-0.2, -0.15) is 5.10 Å². The van der Waals surface area contributed by atoms with Crippen LogP contribution in [0.25, 0.3) is 0 Å². The van der Waals surface area contributed by atoms with Crippen LogP contribution in [-0.4, -0.2) is 37.7 Å². The zero-order valence-corrected chi connectivity index (χ0v) is 16.4. The first kappa shape index (κ1) is 17.5. The normalized spacial score (nSPS) is 19.8. The minimum Gasteiger partial charge on any atom is -0.297 e. The molecule has 0 aromatic carbocycles. The standard InChI is InChI=1S/C18H29N5S/c1-13-19-14(2)23(21-13)10-15-7-6-8-22(9-15)11-16-12-24-17(20-16)18(3,4)5/h12,15H,6-11H2,1-5H3/t15-/m0/s1. The van der Waals surface area contributed by atoms with E-state index in [-0.39, 0.29) is 5.41 Å². The van der Waals surface area contributed by atoms with E-state index in [1.54, 1.807) is 11.3 Å². The number of piperidine rings is 1. The molecule has 1 fully saturated rings. The van der Waals surface area contributed by atoms with Gasteiger partial charge in [0.15, 0.2) is 0 Å². The summed E-state index contributed by atoms with van der Waals surface area (Å²) in [6, 6.07) is 0. The third kappa shape index (κ3) is 4.22. The summed E-state index contributed by atoms with van der Waals surface area (Å²) in [6.07, 6.45) is 2.53. The molecule has 1 aliphatic rings. The third-order valence-corrected chi connectivity index (χ3v) is 5.89. The summed E-state index contributed by atoms with van der Waals surface area (Å²) in [5, 5.41) is 7.99. The van der Waals surface area contributed by atoms with Gasteiger partial charge in [0.25, 0.3) is 0 Å². The van der Waals surface area contributed by atoms with Crippen LogP contribution in [0.5, 0.6) is 0 Å². The van der Waals surface area contributed by atoms with Crippen molar-refractivity contribution in [2.75, 3.05) is 13.1 Å². The van der Waals surface area contributed by atoms with Gasteiger partial charge in [-0.1, -0.05) is 20.8 Å². The zero-order chi connectivity index (χ0) is 17.3. The van der Waals surface area contributed by atoms with Crippen molar-refractivity contribution in [3.05, 3.63) is 27.7 Å². The summed E-state index contributed by atoms with van der Waals surface area (Å²) in [6.45, 7) is 15.0. The molecule has 3 heterocycles. The Labute approximate surface area is 149 Å². The Hall–Kier alpha value is -1.27. The Kier molecular flexibility index (Phi) is 5.06. The first-order valence-corrected chi connectivity index (χ1v) is 9.74. The second-order valence-corrected chi connectivity index (χ2v) is 8.88. The van der Waals surface area contributed by atoms with E-state index in [9.17, 15) is 0 Å². The van der Waals surface area contributed by atoms with Gasteiger partial charge in [0, 0.05) is 30.4 Å². The van der Waals surface area contributed by atoms with E-state index in [1.807, 2.05) is 13.8 Å². The maximum atomic E-state index is 4.85. The van der Waals surface area contributed by atoms with Gasteiger partial charge in [-0.3, -0.25) is 4.90 Å². The molecule has 6 heteroatoms. The molecule has 132 valence electrons. The molecule has 2 aromatic rings. The number of rotatable bonds is 4. The molecule has 0 unspecified atom stereocenters. The molecule has 0 spiro atoms. The van der Waals surface area contributed by atoms with Gasteiger partial charge in [0.2, 0.25) is 0 Å². The zero-order valence-electron chi connectivity index (χ0n) is 15.5. The highest BCUT2D eigenvalue weighted by Crippen LogP contribution is 2.27. The number of likely N-dealkylation sites (tertiary alicyclic amines) is 1. The molecule has 0 aliphatic carbocycles. The van der Waals surface area contributed by atoms with Crippen LogP contribution in [0.15, 0.2) is 5.38 Å². The van der Waals surface area contributed by atoms with E-state index in [1.165, 1.54) is 30.1 Å². The van der Waals surface area contributed by atoms with Crippen LogP contribution < -0.4 is 0 Å². The van der Waals surface area contributed by atoms with Crippen LogP contribution in [0, 0.1) is 19.8 Å².